The van der Waals surface area contributed by atoms with Gasteiger partial charge in [-0.3, -0.25) is 0 Å². The van der Waals surface area contributed by atoms with E-state index in [4.69, 9.17) is 10.5 Å². The molecular formula is C16H18BrNO. The molecule has 0 radical (unpaired) electrons. The van der Waals surface area contributed by atoms with Crippen molar-refractivity contribution in [3.8, 4) is 5.75 Å². The first-order chi connectivity index (χ1) is 9.11. The molecule has 0 amide bonds. The van der Waals surface area contributed by atoms with Crippen molar-refractivity contribution in [2.24, 2.45) is 5.73 Å². The molecule has 0 spiro atoms. The van der Waals surface area contributed by atoms with Crippen LogP contribution in [0.15, 0.2) is 40.9 Å². The van der Waals surface area contributed by atoms with E-state index in [-0.39, 0.29) is 0 Å². The zero-order chi connectivity index (χ0) is 13.8. The van der Waals surface area contributed by atoms with E-state index in [1.807, 2.05) is 18.2 Å². The summed E-state index contributed by atoms with van der Waals surface area (Å²) in [6.45, 7) is 5.24. The first-order valence-electron chi connectivity index (χ1n) is 6.28. The molecule has 0 aliphatic rings. The standard InChI is InChI=1S/C16H18BrNO/c1-11-7-13(9-18)8-12(2)16(11)19-10-14-5-3-4-6-15(14)17/h3-8H,9-10,18H2,1-2H3. The summed E-state index contributed by atoms with van der Waals surface area (Å²) < 4.78 is 7.04. The van der Waals surface area contributed by atoms with E-state index in [1.165, 1.54) is 0 Å². The minimum atomic E-state index is 0.561. The molecule has 2 rings (SSSR count). The molecule has 0 unspecified atom stereocenters. The van der Waals surface area contributed by atoms with E-state index in [0.29, 0.717) is 13.2 Å². The lowest BCUT2D eigenvalue weighted by atomic mass is 10.1. The van der Waals surface area contributed by atoms with Crippen LogP contribution in [0.2, 0.25) is 0 Å². The molecule has 0 bridgehead atoms. The fraction of sp³-hybridized carbons (Fsp3) is 0.250. The van der Waals surface area contributed by atoms with E-state index in [2.05, 4.69) is 48.0 Å². The molecule has 2 aromatic carbocycles. The van der Waals surface area contributed by atoms with Crippen molar-refractivity contribution in [3.63, 3.8) is 0 Å². The van der Waals surface area contributed by atoms with Crippen molar-refractivity contribution >= 4 is 15.9 Å². The van der Waals surface area contributed by atoms with Crippen LogP contribution in [-0.4, -0.2) is 0 Å². The van der Waals surface area contributed by atoms with Crippen molar-refractivity contribution < 1.29 is 4.74 Å². The summed E-state index contributed by atoms with van der Waals surface area (Å²) in [5.41, 5.74) is 10.2. The topological polar surface area (TPSA) is 35.2 Å². The molecule has 0 atom stereocenters. The summed E-state index contributed by atoms with van der Waals surface area (Å²) in [6, 6.07) is 12.3. The Morgan fingerprint density at radius 3 is 2.32 bits per heavy atom. The second kappa shape index (κ2) is 6.22. The maximum atomic E-state index is 5.96. The molecule has 0 saturated heterocycles. The highest BCUT2D eigenvalue weighted by Crippen LogP contribution is 2.26. The summed E-state index contributed by atoms with van der Waals surface area (Å²) >= 11 is 3.53. The Morgan fingerprint density at radius 2 is 1.74 bits per heavy atom. The maximum absolute atomic E-state index is 5.96. The normalized spacial score (nSPS) is 10.5. The smallest absolute Gasteiger partial charge is 0.125 e. The van der Waals surface area contributed by atoms with Crippen LogP contribution in [-0.2, 0) is 13.2 Å². The van der Waals surface area contributed by atoms with Crippen LogP contribution in [0.4, 0.5) is 0 Å². The van der Waals surface area contributed by atoms with Crippen LogP contribution in [0.1, 0.15) is 22.3 Å². The molecule has 0 saturated carbocycles. The summed E-state index contributed by atoms with van der Waals surface area (Å²) in [7, 11) is 0. The fourth-order valence-corrected chi connectivity index (χ4v) is 2.55. The van der Waals surface area contributed by atoms with Gasteiger partial charge in [-0.15, -0.1) is 0 Å². The SMILES string of the molecule is Cc1cc(CN)cc(C)c1OCc1ccccc1Br. The van der Waals surface area contributed by atoms with Crippen molar-refractivity contribution in [2.75, 3.05) is 0 Å². The molecule has 0 aliphatic carbocycles. The van der Waals surface area contributed by atoms with Crippen molar-refractivity contribution in [3.05, 3.63) is 63.1 Å². The first kappa shape index (κ1) is 14.1. The Labute approximate surface area is 122 Å². The second-order valence-electron chi connectivity index (χ2n) is 4.64. The average molecular weight is 320 g/mol. The maximum Gasteiger partial charge on any atom is 0.125 e. The number of halogens is 1. The summed E-state index contributed by atoms with van der Waals surface area (Å²) in [4.78, 5) is 0. The van der Waals surface area contributed by atoms with Gasteiger partial charge in [-0.25, -0.2) is 0 Å². The van der Waals surface area contributed by atoms with Gasteiger partial charge in [0.2, 0.25) is 0 Å². The molecule has 100 valence electrons. The molecule has 2 aromatic rings. The van der Waals surface area contributed by atoms with Gasteiger partial charge in [-0.1, -0.05) is 46.3 Å². The van der Waals surface area contributed by atoms with E-state index >= 15 is 0 Å². The Balaban J connectivity index is 2.18. The Kier molecular flexibility index (Phi) is 4.61. The predicted octanol–water partition coefficient (Wildman–Crippen LogP) is 4.10. The molecular weight excluding hydrogens is 302 g/mol. The number of rotatable bonds is 4. The Hall–Kier alpha value is -1.32. The molecule has 3 heteroatoms. The summed E-state index contributed by atoms with van der Waals surface area (Å²) in [5.74, 6) is 0.952. The number of hydrogen-bond acceptors (Lipinski definition) is 2. The molecule has 0 aromatic heterocycles. The van der Waals surface area contributed by atoms with Gasteiger partial charge in [0, 0.05) is 16.6 Å². The number of benzene rings is 2. The van der Waals surface area contributed by atoms with Crippen molar-refractivity contribution in [1.29, 1.82) is 0 Å². The second-order valence-corrected chi connectivity index (χ2v) is 5.50. The van der Waals surface area contributed by atoms with Crippen molar-refractivity contribution in [1.82, 2.24) is 0 Å². The fourth-order valence-electron chi connectivity index (χ4n) is 2.15. The van der Waals surface area contributed by atoms with E-state index < -0.39 is 0 Å². The third-order valence-electron chi connectivity index (χ3n) is 3.09. The highest BCUT2D eigenvalue weighted by Gasteiger charge is 2.07. The molecule has 19 heavy (non-hydrogen) atoms. The van der Waals surface area contributed by atoms with E-state index in [1.54, 1.807) is 0 Å². The zero-order valence-electron chi connectivity index (χ0n) is 11.2. The quantitative estimate of drug-likeness (QED) is 0.920. The van der Waals surface area contributed by atoms with Crippen LogP contribution < -0.4 is 10.5 Å². The average Bonchev–Trinajstić information content (AvgIpc) is 2.39. The summed E-state index contributed by atoms with van der Waals surface area (Å²) in [6.07, 6.45) is 0. The van der Waals surface area contributed by atoms with Gasteiger partial charge in [-0.05, 0) is 36.6 Å². The van der Waals surface area contributed by atoms with Gasteiger partial charge in [0.25, 0.3) is 0 Å². The number of ether oxygens (including phenoxy) is 1. The number of hydrogen-bond donors (Lipinski definition) is 1. The van der Waals surface area contributed by atoms with Gasteiger partial charge in [-0.2, -0.15) is 0 Å². The van der Waals surface area contributed by atoms with Gasteiger partial charge < -0.3 is 10.5 Å². The van der Waals surface area contributed by atoms with Crippen LogP contribution in [0, 0.1) is 13.8 Å². The zero-order valence-corrected chi connectivity index (χ0v) is 12.8. The van der Waals surface area contributed by atoms with Gasteiger partial charge >= 0.3 is 0 Å². The molecule has 0 aliphatic heterocycles. The highest BCUT2D eigenvalue weighted by molar-refractivity contribution is 9.10. The lowest BCUT2D eigenvalue weighted by Gasteiger charge is -2.14. The van der Waals surface area contributed by atoms with Crippen LogP contribution in [0.5, 0.6) is 5.75 Å². The lowest BCUT2D eigenvalue weighted by molar-refractivity contribution is 0.301. The van der Waals surface area contributed by atoms with Crippen LogP contribution in [0.3, 0.4) is 0 Å². The number of nitrogens with two attached hydrogens (primary N) is 1. The lowest BCUT2D eigenvalue weighted by Crippen LogP contribution is -2.02. The first-order valence-corrected chi connectivity index (χ1v) is 7.07. The van der Waals surface area contributed by atoms with Gasteiger partial charge in [0.1, 0.15) is 12.4 Å². The third kappa shape index (κ3) is 3.37. The van der Waals surface area contributed by atoms with Crippen molar-refractivity contribution in [2.45, 2.75) is 27.0 Å². The Bertz CT molecular complexity index is 558. The van der Waals surface area contributed by atoms with Gasteiger partial charge in [0.15, 0.2) is 0 Å². The largest absolute Gasteiger partial charge is 0.488 e. The molecule has 2 N–H and O–H groups in total. The van der Waals surface area contributed by atoms with Crippen LogP contribution >= 0.6 is 15.9 Å². The predicted molar refractivity (Wildman–Crippen MR) is 82.3 cm³/mol. The Morgan fingerprint density at radius 1 is 1.11 bits per heavy atom. The molecule has 2 nitrogen and oxygen atoms in total. The number of aryl methyl sites for hydroxylation is 2. The van der Waals surface area contributed by atoms with Crippen LogP contribution in [0.25, 0.3) is 0 Å². The van der Waals surface area contributed by atoms with Gasteiger partial charge in [0.05, 0.1) is 0 Å². The minimum absolute atomic E-state index is 0.561. The molecule has 0 heterocycles. The minimum Gasteiger partial charge on any atom is -0.488 e. The van der Waals surface area contributed by atoms with E-state index in [0.717, 1.165) is 32.5 Å². The summed E-state index contributed by atoms with van der Waals surface area (Å²) in [5, 5.41) is 0. The third-order valence-corrected chi connectivity index (χ3v) is 3.86. The van der Waals surface area contributed by atoms with E-state index in [9.17, 15) is 0 Å². The highest BCUT2D eigenvalue weighted by atomic mass is 79.9. The monoisotopic (exact) mass is 319 g/mol. The molecule has 0 fully saturated rings.